The van der Waals surface area contributed by atoms with Gasteiger partial charge in [0.25, 0.3) is 5.69 Å². The van der Waals surface area contributed by atoms with E-state index < -0.39 is 10.8 Å². The van der Waals surface area contributed by atoms with Gasteiger partial charge in [0.1, 0.15) is 0 Å². The van der Waals surface area contributed by atoms with Gasteiger partial charge in [-0.15, -0.1) is 0 Å². The van der Waals surface area contributed by atoms with E-state index in [1.165, 1.54) is 6.07 Å². The second-order valence-corrected chi connectivity index (χ2v) is 7.73. The number of hydrogen-bond donors (Lipinski definition) is 1. The van der Waals surface area contributed by atoms with Crippen molar-refractivity contribution in [2.24, 2.45) is 5.10 Å². The number of aromatic nitrogens is 1. The fraction of sp³-hybridized carbons (Fsp3) is 0.115. The molecule has 0 spiro atoms. The maximum Gasteiger partial charge on any atom is 0.273 e. The van der Waals surface area contributed by atoms with Crippen molar-refractivity contribution in [1.82, 2.24) is 9.99 Å². The number of hydrazone groups is 1. The Morgan fingerprint density at radius 3 is 2.53 bits per heavy atom. The van der Waals surface area contributed by atoms with E-state index in [1.807, 2.05) is 49.4 Å². The minimum Gasteiger partial charge on any atom is -0.340 e. The van der Waals surface area contributed by atoms with Gasteiger partial charge in [0.05, 0.1) is 29.2 Å². The topological polar surface area (TPSA) is 113 Å². The molecule has 0 atom stereocenters. The van der Waals surface area contributed by atoms with Crippen LogP contribution in [0.5, 0.6) is 0 Å². The SMILES string of the molecule is Cc1c(/C=N/NC(=O)Cc2ccccc2[N+](=O)[O-])c2ccccc2n1Cc1ccccc1C#N. The minimum absolute atomic E-state index is 0.0989. The van der Waals surface area contributed by atoms with Crippen molar-refractivity contribution in [1.29, 1.82) is 5.26 Å². The first-order valence-corrected chi connectivity index (χ1v) is 10.6. The van der Waals surface area contributed by atoms with E-state index in [1.54, 1.807) is 30.5 Å². The normalized spacial score (nSPS) is 10.9. The lowest BCUT2D eigenvalue weighted by atomic mass is 10.1. The van der Waals surface area contributed by atoms with Crippen LogP contribution in [0.25, 0.3) is 10.9 Å². The number of rotatable bonds is 7. The first-order chi connectivity index (χ1) is 16.5. The van der Waals surface area contributed by atoms with Crippen LogP contribution in [0.2, 0.25) is 0 Å². The summed E-state index contributed by atoms with van der Waals surface area (Å²) in [6.07, 6.45) is 1.43. The Hall–Kier alpha value is -4.77. The molecule has 34 heavy (non-hydrogen) atoms. The number of nitro groups is 1. The van der Waals surface area contributed by atoms with Gasteiger partial charge in [-0.3, -0.25) is 14.9 Å². The van der Waals surface area contributed by atoms with E-state index >= 15 is 0 Å². The van der Waals surface area contributed by atoms with Crippen LogP contribution in [-0.2, 0) is 17.8 Å². The van der Waals surface area contributed by atoms with Crippen LogP contribution in [0.15, 0.2) is 77.9 Å². The van der Waals surface area contributed by atoms with Gasteiger partial charge in [0.15, 0.2) is 0 Å². The van der Waals surface area contributed by atoms with Crippen LogP contribution in [0.1, 0.15) is 27.9 Å². The number of hydrogen-bond acceptors (Lipinski definition) is 5. The van der Waals surface area contributed by atoms with Crippen LogP contribution in [0, 0.1) is 28.4 Å². The highest BCUT2D eigenvalue weighted by molar-refractivity contribution is 6.01. The first kappa shape index (κ1) is 22.4. The molecule has 0 saturated carbocycles. The van der Waals surface area contributed by atoms with Gasteiger partial charge in [0, 0.05) is 40.3 Å². The summed E-state index contributed by atoms with van der Waals surface area (Å²) < 4.78 is 2.11. The Balaban J connectivity index is 1.58. The van der Waals surface area contributed by atoms with Crippen LogP contribution >= 0.6 is 0 Å². The highest BCUT2D eigenvalue weighted by Crippen LogP contribution is 2.26. The van der Waals surface area contributed by atoms with Gasteiger partial charge in [-0.05, 0) is 24.6 Å². The fourth-order valence-electron chi connectivity index (χ4n) is 3.98. The third-order valence-electron chi connectivity index (χ3n) is 5.67. The maximum atomic E-state index is 12.4. The molecule has 3 aromatic carbocycles. The summed E-state index contributed by atoms with van der Waals surface area (Å²) in [5.74, 6) is -0.449. The predicted molar refractivity (Wildman–Crippen MR) is 129 cm³/mol. The molecule has 0 aliphatic carbocycles. The molecule has 168 valence electrons. The molecular formula is C26H21N5O3. The van der Waals surface area contributed by atoms with E-state index in [2.05, 4.69) is 21.2 Å². The van der Waals surface area contributed by atoms with Gasteiger partial charge in [0.2, 0.25) is 5.91 Å². The molecule has 1 heterocycles. The zero-order valence-electron chi connectivity index (χ0n) is 18.4. The summed E-state index contributed by atoms with van der Waals surface area (Å²) in [6, 6.07) is 23.7. The van der Waals surface area contributed by atoms with Crippen molar-refractivity contribution >= 4 is 28.7 Å². The van der Waals surface area contributed by atoms with Crippen molar-refractivity contribution in [2.75, 3.05) is 0 Å². The smallest absolute Gasteiger partial charge is 0.273 e. The molecule has 1 amide bonds. The molecule has 0 unspecified atom stereocenters. The molecule has 0 aliphatic heterocycles. The van der Waals surface area contributed by atoms with Gasteiger partial charge >= 0.3 is 0 Å². The minimum atomic E-state index is -0.505. The quantitative estimate of drug-likeness (QED) is 0.254. The predicted octanol–water partition coefficient (Wildman–Crippen LogP) is 4.47. The van der Waals surface area contributed by atoms with Gasteiger partial charge in [-0.2, -0.15) is 10.4 Å². The van der Waals surface area contributed by atoms with Crippen molar-refractivity contribution in [3.05, 3.63) is 111 Å². The van der Waals surface area contributed by atoms with Crippen LogP contribution in [0.3, 0.4) is 0 Å². The summed E-state index contributed by atoms with van der Waals surface area (Å²) >= 11 is 0. The van der Waals surface area contributed by atoms with Crippen LogP contribution in [0.4, 0.5) is 5.69 Å². The first-order valence-electron chi connectivity index (χ1n) is 10.6. The molecule has 1 N–H and O–H groups in total. The summed E-state index contributed by atoms with van der Waals surface area (Å²) in [6.45, 7) is 2.49. The average molecular weight is 451 g/mol. The third-order valence-corrected chi connectivity index (χ3v) is 5.67. The monoisotopic (exact) mass is 451 g/mol. The molecule has 0 radical (unpaired) electrons. The molecule has 0 saturated heterocycles. The Bertz CT molecular complexity index is 1460. The van der Waals surface area contributed by atoms with Gasteiger partial charge in [-0.25, -0.2) is 5.43 Å². The number of carbonyl (C=O) groups excluding carboxylic acids is 1. The fourth-order valence-corrected chi connectivity index (χ4v) is 3.98. The number of fused-ring (bicyclic) bond motifs is 1. The van der Waals surface area contributed by atoms with Crippen molar-refractivity contribution in [3.63, 3.8) is 0 Å². The molecule has 0 aliphatic rings. The summed E-state index contributed by atoms with van der Waals surface area (Å²) in [5, 5.41) is 25.7. The Labute approximate surface area is 195 Å². The highest BCUT2D eigenvalue weighted by atomic mass is 16.6. The van der Waals surface area contributed by atoms with Crippen molar-refractivity contribution < 1.29 is 9.72 Å². The lowest BCUT2D eigenvalue weighted by Crippen LogP contribution is -2.20. The second kappa shape index (κ2) is 9.79. The van der Waals surface area contributed by atoms with Crippen LogP contribution < -0.4 is 5.43 Å². The molecule has 0 bridgehead atoms. The molecule has 4 aromatic rings. The maximum absolute atomic E-state index is 12.4. The Morgan fingerprint density at radius 1 is 1.09 bits per heavy atom. The Kier molecular flexibility index (Phi) is 6.46. The van der Waals surface area contributed by atoms with E-state index in [4.69, 9.17) is 0 Å². The van der Waals surface area contributed by atoms with Crippen LogP contribution in [-0.4, -0.2) is 21.6 Å². The summed E-state index contributed by atoms with van der Waals surface area (Å²) in [5.41, 5.74) is 7.00. The second-order valence-electron chi connectivity index (χ2n) is 7.73. The average Bonchev–Trinajstić information content (AvgIpc) is 3.10. The third kappa shape index (κ3) is 4.54. The van der Waals surface area contributed by atoms with Crippen molar-refractivity contribution in [3.8, 4) is 6.07 Å². The van der Waals surface area contributed by atoms with Crippen molar-refractivity contribution in [2.45, 2.75) is 19.9 Å². The van der Waals surface area contributed by atoms with Gasteiger partial charge < -0.3 is 4.57 Å². The molecule has 4 rings (SSSR count). The zero-order valence-corrected chi connectivity index (χ0v) is 18.4. The number of nitriles is 1. The number of amides is 1. The molecule has 8 heteroatoms. The molecule has 1 aromatic heterocycles. The zero-order chi connectivity index (χ0) is 24.1. The Morgan fingerprint density at radius 2 is 1.76 bits per heavy atom. The standard InChI is InChI=1S/C26H21N5O3/c1-18-23(16-28-29-26(32)14-19-8-4-6-12-24(19)31(33)34)22-11-5-7-13-25(22)30(18)17-21-10-3-2-9-20(21)15-27/h2-13,16H,14,17H2,1H3,(H,29,32)/b28-16+. The number of benzene rings is 3. The highest BCUT2D eigenvalue weighted by Gasteiger charge is 2.16. The summed E-state index contributed by atoms with van der Waals surface area (Å²) in [7, 11) is 0. The lowest BCUT2D eigenvalue weighted by molar-refractivity contribution is -0.385. The van der Waals surface area contributed by atoms with E-state index in [0.29, 0.717) is 17.7 Å². The summed E-state index contributed by atoms with van der Waals surface area (Å²) in [4.78, 5) is 23.0. The number of nitrogens with zero attached hydrogens (tertiary/aromatic N) is 4. The molecule has 0 fully saturated rings. The number of carbonyl (C=O) groups is 1. The molecule has 8 nitrogen and oxygen atoms in total. The molecular weight excluding hydrogens is 430 g/mol. The van der Waals surface area contributed by atoms with E-state index in [9.17, 15) is 20.2 Å². The number of nitrogens with one attached hydrogen (secondary N) is 1. The lowest BCUT2D eigenvalue weighted by Gasteiger charge is -2.10. The van der Waals surface area contributed by atoms with Gasteiger partial charge in [-0.1, -0.05) is 54.6 Å². The number of nitro benzene ring substituents is 1. The number of para-hydroxylation sites is 2. The van der Waals surface area contributed by atoms with E-state index in [-0.39, 0.29) is 12.1 Å². The van der Waals surface area contributed by atoms with E-state index in [0.717, 1.165) is 27.7 Å². The largest absolute Gasteiger partial charge is 0.340 e.